The van der Waals surface area contributed by atoms with Crippen molar-refractivity contribution in [1.29, 1.82) is 0 Å². The molecule has 0 aromatic rings. The average Bonchev–Trinajstić information content (AvgIpc) is 2.90. The highest BCUT2D eigenvalue weighted by molar-refractivity contribution is 7.99. The second-order valence-electron chi connectivity index (χ2n) is 8.70. The molecule has 1 N–H and O–H groups in total. The molecule has 0 bridgehead atoms. The first-order valence-corrected chi connectivity index (χ1v) is 9.74. The summed E-state index contributed by atoms with van der Waals surface area (Å²) in [7, 11) is -1.06. The van der Waals surface area contributed by atoms with Gasteiger partial charge in [-0.25, -0.2) is 9.18 Å². The third kappa shape index (κ3) is 4.92. The Balaban J connectivity index is 2.15. The number of carbonyl (C=O) groups is 1. The van der Waals surface area contributed by atoms with E-state index in [-0.39, 0.29) is 0 Å². The largest absolute Gasteiger partial charge is 0.524 e. The van der Waals surface area contributed by atoms with Gasteiger partial charge in [0.1, 0.15) is 11.3 Å². The summed E-state index contributed by atoms with van der Waals surface area (Å²) >= 11 is 1.66. The number of carbonyl (C=O) groups excluding carboxylic acids is 1. The number of nitrogens with one attached hydrogen (secondary N) is 1. The van der Waals surface area contributed by atoms with E-state index in [2.05, 4.69) is 5.32 Å². The van der Waals surface area contributed by atoms with Crippen LogP contribution in [0.3, 0.4) is 0 Å². The number of ether oxygens (including phenoxy) is 1. The van der Waals surface area contributed by atoms with E-state index in [1.54, 1.807) is 32.5 Å². The lowest BCUT2D eigenvalue weighted by molar-refractivity contribution is 0.00578. The first-order chi connectivity index (χ1) is 11.3. The molecule has 2 fully saturated rings. The van der Waals surface area contributed by atoms with Gasteiger partial charge < -0.3 is 19.4 Å². The zero-order valence-electron chi connectivity index (χ0n) is 16.2. The van der Waals surface area contributed by atoms with Gasteiger partial charge in [-0.1, -0.05) is 0 Å². The third-order valence-electron chi connectivity index (χ3n) is 4.69. The Hall–Kier alpha value is -0.725. The maximum Gasteiger partial charge on any atom is 0.524 e. The summed E-state index contributed by atoms with van der Waals surface area (Å²) in [4.78, 5) is 12.2. The van der Waals surface area contributed by atoms with Crippen molar-refractivity contribution < 1.29 is 23.2 Å². The van der Waals surface area contributed by atoms with Gasteiger partial charge >= 0.3 is 13.2 Å². The molecule has 0 saturated carbocycles. The van der Waals surface area contributed by atoms with Crippen molar-refractivity contribution in [2.24, 2.45) is 0 Å². The van der Waals surface area contributed by atoms with Gasteiger partial charge in [0.15, 0.2) is 0 Å². The molecule has 0 aliphatic carbocycles. The standard InChI is InChI=1S/C17H29BFNO4S/c1-14(2,3)22-13(21)20-17(8-9-25-11-17)10-12(19)18-23-15(4,5)16(6,7)24-18/h10H,8-9,11H2,1-7H3,(H,20,21). The summed E-state index contributed by atoms with van der Waals surface area (Å²) in [5, 5.41) is 2.84. The van der Waals surface area contributed by atoms with Crippen LogP contribution >= 0.6 is 11.8 Å². The Kier molecular flexibility index (Phi) is 5.58. The van der Waals surface area contributed by atoms with Crippen molar-refractivity contribution in [2.75, 3.05) is 11.5 Å². The SMILES string of the molecule is CC(C)(C)OC(=O)NC1(C=C(F)B2OC(C)(C)C(C)(C)O2)CCSC1. The molecule has 1 atom stereocenters. The highest BCUT2D eigenvalue weighted by Gasteiger charge is 2.53. The predicted molar refractivity (Wildman–Crippen MR) is 99.3 cm³/mol. The molecular formula is C17H29BFNO4S. The average molecular weight is 373 g/mol. The van der Waals surface area contributed by atoms with Crippen molar-refractivity contribution >= 4 is 25.0 Å². The van der Waals surface area contributed by atoms with E-state index in [1.165, 1.54) is 6.08 Å². The predicted octanol–water partition coefficient (Wildman–Crippen LogP) is 3.87. The Morgan fingerprint density at radius 2 is 1.80 bits per heavy atom. The number of halogens is 1. The van der Waals surface area contributed by atoms with Crippen molar-refractivity contribution in [3.05, 3.63) is 11.8 Å². The van der Waals surface area contributed by atoms with Crippen molar-refractivity contribution in [3.63, 3.8) is 0 Å². The van der Waals surface area contributed by atoms with Crippen LogP contribution in [0.15, 0.2) is 11.8 Å². The Morgan fingerprint density at radius 1 is 1.24 bits per heavy atom. The van der Waals surface area contributed by atoms with E-state index in [0.717, 1.165) is 5.75 Å². The van der Waals surface area contributed by atoms with Gasteiger partial charge in [0.25, 0.3) is 0 Å². The molecule has 5 nitrogen and oxygen atoms in total. The van der Waals surface area contributed by atoms with Crippen LogP contribution in [0.4, 0.5) is 9.18 Å². The van der Waals surface area contributed by atoms with Crippen LogP contribution in [-0.4, -0.2) is 47.1 Å². The van der Waals surface area contributed by atoms with Gasteiger partial charge in [0, 0.05) is 5.75 Å². The molecule has 8 heteroatoms. The minimum atomic E-state index is -1.06. The van der Waals surface area contributed by atoms with E-state index in [4.69, 9.17) is 14.0 Å². The molecule has 0 aromatic heterocycles. The number of hydrogen-bond donors (Lipinski definition) is 1. The molecule has 0 spiro atoms. The molecule has 1 unspecified atom stereocenters. The van der Waals surface area contributed by atoms with Crippen molar-refractivity contribution in [1.82, 2.24) is 5.32 Å². The van der Waals surface area contributed by atoms with Crippen LogP contribution in [0.2, 0.25) is 0 Å². The summed E-state index contributed by atoms with van der Waals surface area (Å²) in [6.07, 6.45) is 1.51. The fraction of sp³-hybridized carbons (Fsp3) is 0.824. The fourth-order valence-electron chi connectivity index (χ4n) is 2.62. The van der Waals surface area contributed by atoms with Crippen LogP contribution in [0.5, 0.6) is 0 Å². The zero-order valence-corrected chi connectivity index (χ0v) is 17.0. The molecule has 1 amide bonds. The summed E-state index contributed by atoms with van der Waals surface area (Å²) < 4.78 is 31.7. The first-order valence-electron chi connectivity index (χ1n) is 8.58. The van der Waals surface area contributed by atoms with E-state index < -0.39 is 41.3 Å². The van der Waals surface area contributed by atoms with E-state index in [1.807, 2.05) is 27.7 Å². The maximum atomic E-state index is 14.9. The highest BCUT2D eigenvalue weighted by Crippen LogP contribution is 2.40. The van der Waals surface area contributed by atoms with Crippen LogP contribution in [0.25, 0.3) is 0 Å². The quantitative estimate of drug-likeness (QED) is 0.761. The lowest BCUT2D eigenvalue weighted by atomic mass is 9.83. The summed E-state index contributed by atoms with van der Waals surface area (Å²) in [6.45, 7) is 12.9. The molecule has 0 radical (unpaired) electrons. The number of hydrogen-bond acceptors (Lipinski definition) is 5. The maximum absolute atomic E-state index is 14.9. The number of rotatable bonds is 3. The minimum absolute atomic E-state index is 0.516. The number of thioether (sulfide) groups is 1. The van der Waals surface area contributed by atoms with Gasteiger partial charge in [-0.2, -0.15) is 11.8 Å². The van der Waals surface area contributed by atoms with Gasteiger partial charge in [0.2, 0.25) is 0 Å². The van der Waals surface area contributed by atoms with E-state index in [9.17, 15) is 9.18 Å². The minimum Gasteiger partial charge on any atom is -0.444 e. The van der Waals surface area contributed by atoms with Crippen LogP contribution in [0, 0.1) is 0 Å². The van der Waals surface area contributed by atoms with Gasteiger partial charge in [-0.15, -0.1) is 0 Å². The van der Waals surface area contributed by atoms with Crippen LogP contribution in [-0.2, 0) is 14.0 Å². The lowest BCUT2D eigenvalue weighted by Crippen LogP contribution is -2.49. The van der Waals surface area contributed by atoms with Crippen molar-refractivity contribution in [2.45, 2.75) is 77.2 Å². The van der Waals surface area contributed by atoms with Crippen LogP contribution in [0.1, 0.15) is 54.9 Å². The van der Waals surface area contributed by atoms with Gasteiger partial charge in [-0.3, -0.25) is 0 Å². The number of amides is 1. The number of alkyl carbamates (subject to hydrolysis) is 1. The van der Waals surface area contributed by atoms with Gasteiger partial charge in [-0.05, 0) is 66.7 Å². The third-order valence-corrected chi connectivity index (χ3v) is 5.91. The Bertz CT molecular complexity index is 537. The first kappa shape index (κ1) is 20.6. The zero-order chi connectivity index (χ0) is 19.1. The molecule has 0 aromatic carbocycles. The molecule has 2 heterocycles. The highest BCUT2D eigenvalue weighted by atomic mass is 32.2. The smallest absolute Gasteiger partial charge is 0.444 e. The molecular weight excluding hydrogens is 344 g/mol. The molecule has 2 aliphatic heterocycles. The Morgan fingerprint density at radius 3 is 2.24 bits per heavy atom. The summed E-state index contributed by atoms with van der Waals surface area (Å²) in [6, 6.07) is 0. The molecule has 2 rings (SSSR count). The van der Waals surface area contributed by atoms with Gasteiger partial charge in [0.05, 0.1) is 16.7 Å². The normalized spacial score (nSPS) is 29.0. The molecule has 2 saturated heterocycles. The van der Waals surface area contributed by atoms with E-state index in [0.29, 0.717) is 12.2 Å². The second-order valence-corrected chi connectivity index (χ2v) is 9.81. The summed E-state index contributed by atoms with van der Waals surface area (Å²) in [5.41, 5.74) is -3.14. The van der Waals surface area contributed by atoms with Crippen molar-refractivity contribution in [3.8, 4) is 0 Å². The second kappa shape index (κ2) is 6.78. The molecule has 142 valence electrons. The summed E-state index contributed by atoms with van der Waals surface area (Å²) in [5.74, 6) is 1.42. The monoisotopic (exact) mass is 373 g/mol. The lowest BCUT2D eigenvalue weighted by Gasteiger charge is -2.32. The molecule has 2 aliphatic rings. The Labute approximate surface area is 154 Å². The van der Waals surface area contributed by atoms with E-state index >= 15 is 0 Å². The topological polar surface area (TPSA) is 56.8 Å². The van der Waals surface area contributed by atoms with Crippen LogP contribution < -0.4 is 5.32 Å². The molecule has 25 heavy (non-hydrogen) atoms. The fourth-order valence-corrected chi connectivity index (χ4v) is 3.94.